The van der Waals surface area contributed by atoms with Crippen molar-refractivity contribution < 1.29 is 9.90 Å². The van der Waals surface area contributed by atoms with Gasteiger partial charge in [0.05, 0.1) is 5.41 Å². The molecule has 1 saturated carbocycles. The van der Waals surface area contributed by atoms with Gasteiger partial charge in [0.15, 0.2) is 0 Å². The maximum atomic E-state index is 11.4. The van der Waals surface area contributed by atoms with Crippen LogP contribution in [0.2, 0.25) is 0 Å². The molecule has 1 N–H and O–H groups in total. The molecule has 0 aromatic carbocycles. The Morgan fingerprint density at radius 2 is 2.12 bits per heavy atom. The Hall–Kier alpha value is -0.900. The van der Waals surface area contributed by atoms with Crippen LogP contribution in [-0.4, -0.2) is 16.1 Å². The molecule has 16 heavy (non-hydrogen) atoms. The molecule has 0 radical (unpaired) electrons. The molecule has 0 unspecified atom stereocenters. The summed E-state index contributed by atoms with van der Waals surface area (Å²) in [6.07, 6.45) is 5.86. The number of hydrogen-bond acceptors (Lipinski definition) is 2. The molecule has 2 rings (SSSR count). The average Bonchev–Trinajstić information content (AvgIpc) is 2.71. The molecule has 0 atom stereocenters. The first-order valence-electron chi connectivity index (χ1n) is 5.46. The molecule has 1 aliphatic carbocycles. The second kappa shape index (κ2) is 4.53. The Labute approximate surface area is 103 Å². The Morgan fingerprint density at radius 3 is 2.62 bits per heavy atom. The van der Waals surface area contributed by atoms with Crippen molar-refractivity contribution in [3.8, 4) is 0 Å². The first-order chi connectivity index (χ1) is 7.62. The predicted octanol–water partition coefficient (Wildman–Crippen LogP) is 3.03. The van der Waals surface area contributed by atoms with Crippen LogP contribution in [0.3, 0.4) is 0 Å². The van der Waals surface area contributed by atoms with Crippen LogP contribution in [0.1, 0.15) is 31.4 Å². The normalized spacial score (nSPS) is 18.6. The molecule has 1 aromatic heterocycles. The van der Waals surface area contributed by atoms with Gasteiger partial charge in [-0.05, 0) is 40.9 Å². The molecule has 1 fully saturated rings. The molecule has 0 saturated heterocycles. The first kappa shape index (κ1) is 11.6. The van der Waals surface area contributed by atoms with Gasteiger partial charge in [0, 0.05) is 22.8 Å². The number of aliphatic carboxylic acids is 1. The van der Waals surface area contributed by atoms with E-state index in [0.29, 0.717) is 6.42 Å². The van der Waals surface area contributed by atoms with Gasteiger partial charge in [0.1, 0.15) is 0 Å². The number of carboxylic acid groups (broad SMARTS) is 1. The molecule has 4 heteroatoms. The highest BCUT2D eigenvalue weighted by molar-refractivity contribution is 9.10. The average molecular weight is 284 g/mol. The lowest BCUT2D eigenvalue weighted by Crippen LogP contribution is -2.30. The van der Waals surface area contributed by atoms with E-state index >= 15 is 0 Å². The smallest absolute Gasteiger partial charge is 0.310 e. The minimum absolute atomic E-state index is 0.551. The summed E-state index contributed by atoms with van der Waals surface area (Å²) in [6, 6.07) is 3.81. The summed E-state index contributed by atoms with van der Waals surface area (Å²) in [7, 11) is 0. The van der Waals surface area contributed by atoms with Crippen LogP contribution in [0.25, 0.3) is 0 Å². The van der Waals surface area contributed by atoms with Crippen LogP contribution in [0.15, 0.2) is 22.8 Å². The number of aromatic nitrogens is 1. The molecule has 3 nitrogen and oxygen atoms in total. The van der Waals surface area contributed by atoms with Gasteiger partial charge in [-0.25, -0.2) is 0 Å². The van der Waals surface area contributed by atoms with Crippen LogP contribution < -0.4 is 0 Å². The van der Waals surface area contributed by atoms with Crippen LogP contribution in [-0.2, 0) is 11.2 Å². The van der Waals surface area contributed by atoms with Crippen molar-refractivity contribution in [2.45, 2.75) is 32.1 Å². The minimum atomic E-state index is -0.672. The Bertz CT molecular complexity index is 383. The number of rotatable bonds is 3. The third-order valence-electron chi connectivity index (χ3n) is 3.32. The fourth-order valence-corrected chi connectivity index (χ4v) is 2.61. The van der Waals surface area contributed by atoms with Gasteiger partial charge in [-0.2, -0.15) is 0 Å². The summed E-state index contributed by atoms with van der Waals surface area (Å²) in [5, 5.41) is 9.34. The molecule has 1 aromatic rings. The Balaban J connectivity index is 2.18. The maximum absolute atomic E-state index is 11.4. The van der Waals surface area contributed by atoms with E-state index < -0.39 is 11.4 Å². The van der Waals surface area contributed by atoms with Crippen LogP contribution in [0, 0.1) is 5.41 Å². The van der Waals surface area contributed by atoms with E-state index in [9.17, 15) is 9.90 Å². The zero-order valence-electron chi connectivity index (χ0n) is 8.95. The van der Waals surface area contributed by atoms with E-state index in [0.717, 1.165) is 35.8 Å². The first-order valence-corrected chi connectivity index (χ1v) is 6.26. The predicted molar refractivity (Wildman–Crippen MR) is 64.2 cm³/mol. The Morgan fingerprint density at radius 1 is 1.44 bits per heavy atom. The largest absolute Gasteiger partial charge is 0.481 e. The van der Waals surface area contributed by atoms with Crippen LogP contribution in [0.4, 0.5) is 0 Å². The molecule has 1 heterocycles. The van der Waals surface area contributed by atoms with E-state index in [1.54, 1.807) is 6.20 Å². The van der Waals surface area contributed by atoms with E-state index in [1.807, 2.05) is 12.1 Å². The van der Waals surface area contributed by atoms with E-state index in [2.05, 4.69) is 20.9 Å². The van der Waals surface area contributed by atoms with Crippen molar-refractivity contribution in [1.82, 2.24) is 4.98 Å². The number of hydrogen-bond donors (Lipinski definition) is 1. The van der Waals surface area contributed by atoms with E-state index in [-0.39, 0.29) is 0 Å². The van der Waals surface area contributed by atoms with Gasteiger partial charge in [0.2, 0.25) is 0 Å². The summed E-state index contributed by atoms with van der Waals surface area (Å²) in [5.74, 6) is -0.672. The standard InChI is InChI=1S/C12H14BrNO2/c13-9-3-4-10(14-8-9)7-12(11(15)16)5-1-2-6-12/h3-4,8H,1-2,5-7H2,(H,15,16). The van der Waals surface area contributed by atoms with Crippen LogP contribution >= 0.6 is 15.9 Å². The van der Waals surface area contributed by atoms with Crippen molar-refractivity contribution in [1.29, 1.82) is 0 Å². The fourth-order valence-electron chi connectivity index (χ4n) is 2.38. The second-order valence-corrected chi connectivity index (χ2v) is 5.35. The third kappa shape index (κ3) is 2.26. The van der Waals surface area contributed by atoms with Gasteiger partial charge in [-0.3, -0.25) is 9.78 Å². The molecule has 86 valence electrons. The van der Waals surface area contributed by atoms with Gasteiger partial charge < -0.3 is 5.11 Å². The van der Waals surface area contributed by atoms with E-state index in [4.69, 9.17) is 0 Å². The van der Waals surface area contributed by atoms with Gasteiger partial charge >= 0.3 is 5.97 Å². The van der Waals surface area contributed by atoms with Crippen molar-refractivity contribution in [2.75, 3.05) is 0 Å². The molecular formula is C12H14BrNO2. The summed E-state index contributed by atoms with van der Waals surface area (Å²) in [4.78, 5) is 15.6. The highest BCUT2D eigenvalue weighted by Gasteiger charge is 2.41. The van der Waals surface area contributed by atoms with Gasteiger partial charge in [0.25, 0.3) is 0 Å². The second-order valence-electron chi connectivity index (χ2n) is 4.44. The van der Waals surface area contributed by atoms with Crippen LogP contribution in [0.5, 0.6) is 0 Å². The minimum Gasteiger partial charge on any atom is -0.481 e. The summed E-state index contributed by atoms with van der Waals surface area (Å²) < 4.78 is 0.923. The summed E-state index contributed by atoms with van der Waals surface area (Å²) in [6.45, 7) is 0. The maximum Gasteiger partial charge on any atom is 0.310 e. The molecular weight excluding hydrogens is 270 g/mol. The number of carbonyl (C=O) groups is 1. The fraction of sp³-hybridized carbons (Fsp3) is 0.500. The van der Waals surface area contributed by atoms with Crippen molar-refractivity contribution in [3.63, 3.8) is 0 Å². The van der Waals surface area contributed by atoms with Crippen molar-refractivity contribution >= 4 is 21.9 Å². The van der Waals surface area contributed by atoms with Crippen molar-refractivity contribution in [2.24, 2.45) is 5.41 Å². The molecule has 0 spiro atoms. The lowest BCUT2D eigenvalue weighted by molar-refractivity contribution is -0.148. The topological polar surface area (TPSA) is 50.2 Å². The third-order valence-corrected chi connectivity index (χ3v) is 3.79. The highest BCUT2D eigenvalue weighted by Crippen LogP contribution is 2.40. The molecule has 0 aliphatic heterocycles. The van der Waals surface area contributed by atoms with Crippen molar-refractivity contribution in [3.05, 3.63) is 28.5 Å². The highest BCUT2D eigenvalue weighted by atomic mass is 79.9. The number of pyridine rings is 1. The molecule has 0 amide bonds. The number of halogens is 1. The van der Waals surface area contributed by atoms with Gasteiger partial charge in [-0.15, -0.1) is 0 Å². The monoisotopic (exact) mass is 283 g/mol. The lowest BCUT2D eigenvalue weighted by atomic mass is 9.81. The Kier molecular flexibility index (Phi) is 3.28. The number of carboxylic acids is 1. The number of nitrogens with zero attached hydrogens (tertiary/aromatic N) is 1. The molecule has 1 aliphatic rings. The summed E-state index contributed by atoms with van der Waals surface area (Å²) >= 11 is 3.32. The SMILES string of the molecule is O=C(O)C1(Cc2ccc(Br)cn2)CCCC1. The van der Waals surface area contributed by atoms with Gasteiger partial charge in [-0.1, -0.05) is 12.8 Å². The van der Waals surface area contributed by atoms with E-state index in [1.165, 1.54) is 0 Å². The molecule has 0 bridgehead atoms. The zero-order valence-corrected chi connectivity index (χ0v) is 10.5. The lowest BCUT2D eigenvalue weighted by Gasteiger charge is -2.23. The zero-order chi connectivity index (χ0) is 11.6. The quantitative estimate of drug-likeness (QED) is 0.928. The summed E-state index contributed by atoms with van der Waals surface area (Å²) in [5.41, 5.74) is 0.299.